The summed E-state index contributed by atoms with van der Waals surface area (Å²) in [5, 5.41) is 0. The van der Waals surface area contributed by atoms with Gasteiger partial charge in [0, 0.05) is 37.4 Å². The van der Waals surface area contributed by atoms with E-state index in [-0.39, 0.29) is 28.6 Å². The highest BCUT2D eigenvalue weighted by Crippen LogP contribution is 2.46. The normalized spacial score (nSPS) is 23.4. The molecule has 114 valence electrons. The van der Waals surface area contributed by atoms with Gasteiger partial charge in [0.05, 0.1) is 4.75 Å². The van der Waals surface area contributed by atoms with Gasteiger partial charge in [0.25, 0.3) is 5.88 Å². The third-order valence-corrected chi connectivity index (χ3v) is 5.52. The highest BCUT2D eigenvalue weighted by atomic mass is 32.2. The van der Waals surface area contributed by atoms with Crippen molar-refractivity contribution in [1.29, 1.82) is 0 Å². The average Bonchev–Trinajstić information content (AvgIpc) is 2.83. The topological polar surface area (TPSA) is 42.4 Å². The van der Waals surface area contributed by atoms with Crippen LogP contribution in [0.4, 0.5) is 4.39 Å². The van der Waals surface area contributed by atoms with Crippen molar-refractivity contribution in [1.82, 2.24) is 9.88 Å². The number of ether oxygens (including phenoxy) is 1. The predicted molar refractivity (Wildman–Crippen MR) is 79.8 cm³/mol. The van der Waals surface area contributed by atoms with Gasteiger partial charge in [-0.1, -0.05) is 13.8 Å². The number of nitrogens with zero attached hydrogens (tertiary/aromatic N) is 2. The summed E-state index contributed by atoms with van der Waals surface area (Å²) in [6.07, 6.45) is 2.34. The summed E-state index contributed by atoms with van der Waals surface area (Å²) in [7, 11) is 0. The Labute approximate surface area is 128 Å². The first-order valence-electron chi connectivity index (χ1n) is 7.19. The molecule has 4 nitrogen and oxygen atoms in total. The van der Waals surface area contributed by atoms with Crippen LogP contribution in [0.3, 0.4) is 0 Å². The van der Waals surface area contributed by atoms with Crippen molar-refractivity contribution in [3.63, 3.8) is 0 Å². The molecular formula is C15H19FN2O2S. The van der Waals surface area contributed by atoms with Crippen molar-refractivity contribution in [3.05, 3.63) is 24.1 Å². The molecule has 3 heterocycles. The van der Waals surface area contributed by atoms with E-state index >= 15 is 0 Å². The monoisotopic (exact) mass is 310 g/mol. The summed E-state index contributed by atoms with van der Waals surface area (Å²) in [5.74, 6) is 0.729. The lowest BCUT2D eigenvalue weighted by atomic mass is 9.92. The number of rotatable bonds is 3. The molecule has 0 bridgehead atoms. The predicted octanol–water partition coefficient (Wildman–Crippen LogP) is 2.34. The van der Waals surface area contributed by atoms with Crippen LogP contribution >= 0.6 is 11.8 Å². The molecule has 1 aromatic rings. The molecule has 2 saturated heterocycles. The van der Waals surface area contributed by atoms with Gasteiger partial charge in [-0.05, 0) is 12.1 Å². The Bertz CT molecular complexity index is 546. The average molecular weight is 310 g/mol. The SMILES string of the molecule is CC(C)C(=O)N1CC2(CC(Oc3ncccc3F)CS2)C1. The van der Waals surface area contributed by atoms with Gasteiger partial charge in [0.2, 0.25) is 5.91 Å². The van der Waals surface area contributed by atoms with Gasteiger partial charge in [-0.25, -0.2) is 9.37 Å². The molecule has 0 saturated carbocycles. The largest absolute Gasteiger partial charge is 0.471 e. The van der Waals surface area contributed by atoms with Crippen LogP contribution in [0.2, 0.25) is 0 Å². The zero-order chi connectivity index (χ0) is 15.0. The third kappa shape index (κ3) is 2.86. The molecular weight excluding hydrogens is 291 g/mol. The van der Waals surface area contributed by atoms with E-state index in [1.54, 1.807) is 6.07 Å². The molecule has 0 N–H and O–H groups in total. The van der Waals surface area contributed by atoms with E-state index in [4.69, 9.17) is 4.74 Å². The lowest BCUT2D eigenvalue weighted by molar-refractivity contribution is -0.139. The maximum Gasteiger partial charge on any atom is 0.250 e. The number of hydrogen-bond donors (Lipinski definition) is 0. The van der Waals surface area contributed by atoms with Gasteiger partial charge >= 0.3 is 0 Å². The minimum Gasteiger partial charge on any atom is -0.471 e. The second-order valence-corrected chi connectivity index (χ2v) is 7.57. The second-order valence-electron chi connectivity index (χ2n) is 6.08. The Morgan fingerprint density at radius 3 is 3.00 bits per heavy atom. The van der Waals surface area contributed by atoms with Crippen LogP contribution in [-0.4, -0.2) is 45.5 Å². The first-order valence-corrected chi connectivity index (χ1v) is 8.18. The Morgan fingerprint density at radius 2 is 2.33 bits per heavy atom. The molecule has 6 heteroatoms. The number of halogens is 1. The maximum absolute atomic E-state index is 13.5. The van der Waals surface area contributed by atoms with E-state index < -0.39 is 5.82 Å². The van der Waals surface area contributed by atoms with Crippen molar-refractivity contribution in [3.8, 4) is 5.88 Å². The number of carbonyl (C=O) groups excluding carboxylic acids is 1. The Hall–Kier alpha value is -1.30. The molecule has 2 aliphatic heterocycles. The summed E-state index contributed by atoms with van der Waals surface area (Å²) in [4.78, 5) is 17.7. The molecule has 0 radical (unpaired) electrons. The van der Waals surface area contributed by atoms with Crippen LogP contribution in [0, 0.1) is 11.7 Å². The van der Waals surface area contributed by atoms with Crippen molar-refractivity contribution in [2.45, 2.75) is 31.1 Å². The van der Waals surface area contributed by atoms with E-state index in [2.05, 4.69) is 4.98 Å². The zero-order valence-electron chi connectivity index (χ0n) is 12.2. The number of pyridine rings is 1. The van der Waals surface area contributed by atoms with Crippen molar-refractivity contribution < 1.29 is 13.9 Å². The molecule has 21 heavy (non-hydrogen) atoms. The van der Waals surface area contributed by atoms with E-state index in [0.717, 1.165) is 25.3 Å². The van der Waals surface area contributed by atoms with Gasteiger partial charge < -0.3 is 9.64 Å². The highest BCUT2D eigenvalue weighted by Gasteiger charge is 2.51. The summed E-state index contributed by atoms with van der Waals surface area (Å²) >= 11 is 1.83. The Balaban J connectivity index is 1.56. The summed E-state index contributed by atoms with van der Waals surface area (Å²) in [5.41, 5.74) is 0. The van der Waals surface area contributed by atoms with Gasteiger partial charge in [0.15, 0.2) is 5.82 Å². The highest BCUT2D eigenvalue weighted by molar-refractivity contribution is 8.01. The van der Waals surface area contributed by atoms with Gasteiger partial charge in [-0.3, -0.25) is 4.79 Å². The van der Waals surface area contributed by atoms with Gasteiger partial charge in [-0.2, -0.15) is 0 Å². The molecule has 2 fully saturated rings. The zero-order valence-corrected chi connectivity index (χ0v) is 13.0. The molecule has 1 atom stereocenters. The fraction of sp³-hybridized carbons (Fsp3) is 0.600. The second kappa shape index (κ2) is 5.48. The lowest BCUT2D eigenvalue weighted by Crippen LogP contribution is -2.61. The third-order valence-electron chi connectivity index (χ3n) is 3.94. The number of aromatic nitrogens is 1. The van der Waals surface area contributed by atoms with E-state index in [9.17, 15) is 9.18 Å². The van der Waals surface area contributed by atoms with Crippen LogP contribution in [0.15, 0.2) is 18.3 Å². The number of thioether (sulfide) groups is 1. The molecule has 1 amide bonds. The van der Waals surface area contributed by atoms with Crippen LogP contribution in [-0.2, 0) is 4.79 Å². The molecule has 2 aliphatic rings. The lowest BCUT2D eigenvalue weighted by Gasteiger charge is -2.48. The van der Waals surface area contributed by atoms with Crippen LogP contribution in [0.5, 0.6) is 5.88 Å². The summed E-state index contributed by atoms with van der Waals surface area (Å²) < 4.78 is 19.3. The van der Waals surface area contributed by atoms with Crippen molar-refractivity contribution in [2.75, 3.05) is 18.8 Å². The Kier molecular flexibility index (Phi) is 3.82. The number of carbonyl (C=O) groups is 1. The fourth-order valence-corrected chi connectivity index (χ4v) is 4.41. The maximum atomic E-state index is 13.5. The van der Waals surface area contributed by atoms with Crippen LogP contribution < -0.4 is 4.74 Å². The quantitative estimate of drug-likeness (QED) is 0.859. The molecule has 1 aromatic heterocycles. The van der Waals surface area contributed by atoms with Crippen LogP contribution in [0.25, 0.3) is 0 Å². The number of hydrogen-bond acceptors (Lipinski definition) is 4. The van der Waals surface area contributed by atoms with Crippen molar-refractivity contribution in [2.24, 2.45) is 5.92 Å². The smallest absolute Gasteiger partial charge is 0.250 e. The standard InChI is InChI=1S/C15H19FN2O2S/c1-10(2)14(19)18-8-15(9-18)6-11(7-21-15)20-13-12(16)4-3-5-17-13/h3-5,10-11H,6-9H2,1-2H3. The molecule has 1 unspecified atom stereocenters. The van der Waals surface area contributed by atoms with E-state index in [1.165, 1.54) is 12.3 Å². The Morgan fingerprint density at radius 1 is 1.57 bits per heavy atom. The van der Waals surface area contributed by atoms with E-state index in [1.807, 2.05) is 30.5 Å². The fourth-order valence-electron chi connectivity index (χ4n) is 2.88. The first-order chi connectivity index (χ1) is 9.99. The van der Waals surface area contributed by atoms with Crippen LogP contribution in [0.1, 0.15) is 20.3 Å². The minimum absolute atomic E-state index is 0.0318. The van der Waals surface area contributed by atoms with Crippen molar-refractivity contribution >= 4 is 17.7 Å². The summed E-state index contributed by atoms with van der Waals surface area (Å²) in [6, 6.07) is 2.90. The van der Waals surface area contributed by atoms with Gasteiger partial charge in [-0.15, -0.1) is 11.8 Å². The first kappa shape index (κ1) is 14.6. The minimum atomic E-state index is -0.423. The molecule has 3 rings (SSSR count). The van der Waals surface area contributed by atoms with Gasteiger partial charge in [0.1, 0.15) is 6.10 Å². The van der Waals surface area contributed by atoms with E-state index in [0.29, 0.717) is 0 Å². The number of likely N-dealkylation sites (tertiary alicyclic amines) is 1. The molecule has 0 aliphatic carbocycles. The number of amides is 1. The summed E-state index contributed by atoms with van der Waals surface area (Å²) in [6.45, 7) is 5.40. The molecule has 1 spiro atoms. The molecule has 0 aromatic carbocycles.